The summed E-state index contributed by atoms with van der Waals surface area (Å²) in [5.41, 5.74) is 6.94. The molecule has 2 aromatic rings. The number of rotatable bonds is 12. The predicted octanol–water partition coefficient (Wildman–Crippen LogP) is 0.184. The number of carboxylic acid groups (broad SMARTS) is 1. The normalized spacial score (nSPS) is 14.7. The zero-order valence-corrected chi connectivity index (χ0v) is 19.5. The number of aliphatic carboxylic acids is 1. The van der Waals surface area contributed by atoms with Crippen LogP contribution in [0.4, 0.5) is 0 Å². The number of carbonyl (C=O) groups is 4. The van der Waals surface area contributed by atoms with Gasteiger partial charge in [-0.1, -0.05) is 38.5 Å². The summed E-state index contributed by atoms with van der Waals surface area (Å²) in [4.78, 5) is 52.4. The molecule has 0 aliphatic heterocycles. The molecule has 11 heteroatoms. The highest BCUT2D eigenvalue weighted by Crippen LogP contribution is 2.19. The summed E-state index contributed by atoms with van der Waals surface area (Å²) in [7, 11) is 0. The Labute approximate surface area is 197 Å². The third-order valence-electron chi connectivity index (χ3n) is 5.53. The van der Waals surface area contributed by atoms with Crippen LogP contribution in [-0.4, -0.2) is 64.2 Å². The van der Waals surface area contributed by atoms with Crippen LogP contribution in [0.15, 0.2) is 30.5 Å². The molecular weight excluding hydrogens is 446 g/mol. The molecule has 33 heavy (non-hydrogen) atoms. The summed E-state index contributed by atoms with van der Waals surface area (Å²) in [5.74, 6) is -3.27. The van der Waals surface area contributed by atoms with Crippen molar-refractivity contribution in [3.63, 3.8) is 0 Å². The first-order valence-electron chi connectivity index (χ1n) is 10.7. The minimum atomic E-state index is -1.15. The minimum Gasteiger partial charge on any atom is -0.480 e. The molecule has 1 heterocycles. The van der Waals surface area contributed by atoms with Gasteiger partial charge in [0.1, 0.15) is 18.1 Å². The molecule has 0 radical (unpaired) electrons. The van der Waals surface area contributed by atoms with E-state index >= 15 is 0 Å². The van der Waals surface area contributed by atoms with Crippen LogP contribution in [0.3, 0.4) is 0 Å². The molecule has 10 nitrogen and oxygen atoms in total. The minimum absolute atomic E-state index is 0.0103. The van der Waals surface area contributed by atoms with Crippen LogP contribution < -0.4 is 21.7 Å². The van der Waals surface area contributed by atoms with Crippen molar-refractivity contribution in [3.05, 3.63) is 36.0 Å². The summed E-state index contributed by atoms with van der Waals surface area (Å²) in [6, 6.07) is 4.30. The fourth-order valence-corrected chi connectivity index (χ4v) is 3.64. The second-order valence-corrected chi connectivity index (χ2v) is 8.21. The average Bonchev–Trinajstić information content (AvgIpc) is 3.22. The van der Waals surface area contributed by atoms with Crippen LogP contribution in [0.2, 0.25) is 0 Å². The quantitative estimate of drug-likeness (QED) is 0.215. The second kappa shape index (κ2) is 12.3. The second-order valence-electron chi connectivity index (χ2n) is 7.84. The first-order valence-corrected chi connectivity index (χ1v) is 11.3. The molecule has 4 atom stereocenters. The third-order valence-corrected chi connectivity index (χ3v) is 5.89. The molecule has 4 unspecified atom stereocenters. The Kier molecular flexibility index (Phi) is 9.74. The van der Waals surface area contributed by atoms with Gasteiger partial charge in [0.2, 0.25) is 17.7 Å². The number of hydrogen-bond donors (Lipinski definition) is 7. The van der Waals surface area contributed by atoms with Gasteiger partial charge in [-0.05, 0) is 17.5 Å². The van der Waals surface area contributed by atoms with Crippen molar-refractivity contribution in [2.75, 3.05) is 12.3 Å². The first-order chi connectivity index (χ1) is 15.7. The monoisotopic (exact) mass is 477 g/mol. The lowest BCUT2D eigenvalue weighted by molar-refractivity contribution is -0.143. The standard InChI is InChI=1S/C22H31N5O5S/c1-3-12(2)19(22(31)32)27-20(29)16(26-21(30)17(11-33)25-18(28)9-23)8-13-10-24-15-7-5-4-6-14(13)15/h4-7,10,12,16-17,19,24,33H,3,8-9,11,23H2,1-2H3,(H,25,28)(H,26,30)(H,27,29)(H,31,32). The first kappa shape index (κ1) is 26.2. The largest absolute Gasteiger partial charge is 0.480 e. The van der Waals surface area contributed by atoms with E-state index in [1.54, 1.807) is 13.1 Å². The van der Waals surface area contributed by atoms with Gasteiger partial charge in [-0.25, -0.2) is 4.79 Å². The molecule has 0 aliphatic carbocycles. The van der Waals surface area contributed by atoms with Crippen molar-refractivity contribution in [2.45, 2.75) is 44.8 Å². The number of amides is 3. The molecule has 0 saturated heterocycles. The molecule has 0 fully saturated rings. The van der Waals surface area contributed by atoms with E-state index in [4.69, 9.17) is 5.73 Å². The van der Waals surface area contributed by atoms with Gasteiger partial charge >= 0.3 is 5.97 Å². The van der Waals surface area contributed by atoms with Crippen LogP contribution in [0.1, 0.15) is 25.8 Å². The maximum atomic E-state index is 13.1. The summed E-state index contributed by atoms with van der Waals surface area (Å²) >= 11 is 4.10. The lowest BCUT2D eigenvalue weighted by atomic mass is 9.98. The Hall–Kier alpha value is -3.05. The molecule has 7 N–H and O–H groups in total. The number of H-pyrrole nitrogens is 1. The smallest absolute Gasteiger partial charge is 0.326 e. The summed E-state index contributed by atoms with van der Waals surface area (Å²) in [5, 5.41) is 18.1. The Balaban J connectivity index is 2.30. The zero-order chi connectivity index (χ0) is 24.5. The van der Waals surface area contributed by atoms with E-state index in [0.717, 1.165) is 16.5 Å². The van der Waals surface area contributed by atoms with Gasteiger partial charge in [0, 0.05) is 29.3 Å². The van der Waals surface area contributed by atoms with Crippen LogP contribution in [0.5, 0.6) is 0 Å². The van der Waals surface area contributed by atoms with Gasteiger partial charge in [-0.2, -0.15) is 12.6 Å². The molecule has 3 amide bonds. The molecule has 0 spiro atoms. The van der Waals surface area contributed by atoms with Crippen molar-refractivity contribution in [1.82, 2.24) is 20.9 Å². The topological polar surface area (TPSA) is 166 Å². The summed E-state index contributed by atoms with van der Waals surface area (Å²) in [6.07, 6.45) is 2.40. The van der Waals surface area contributed by atoms with E-state index < -0.39 is 41.8 Å². The van der Waals surface area contributed by atoms with E-state index in [-0.39, 0.29) is 24.6 Å². The lowest BCUT2D eigenvalue weighted by Crippen LogP contribution is -2.58. The summed E-state index contributed by atoms with van der Waals surface area (Å²) in [6.45, 7) is 3.26. The fourth-order valence-electron chi connectivity index (χ4n) is 3.39. The molecular formula is C22H31N5O5S. The van der Waals surface area contributed by atoms with E-state index in [1.807, 2.05) is 31.2 Å². The van der Waals surface area contributed by atoms with Crippen molar-refractivity contribution in [2.24, 2.45) is 11.7 Å². The highest BCUT2D eigenvalue weighted by atomic mass is 32.1. The third kappa shape index (κ3) is 6.96. The van der Waals surface area contributed by atoms with Crippen LogP contribution in [-0.2, 0) is 25.6 Å². The molecule has 1 aromatic heterocycles. The predicted molar refractivity (Wildman–Crippen MR) is 128 cm³/mol. The van der Waals surface area contributed by atoms with E-state index in [2.05, 4.69) is 33.6 Å². The highest BCUT2D eigenvalue weighted by Gasteiger charge is 2.31. The molecule has 0 aliphatic rings. The highest BCUT2D eigenvalue weighted by molar-refractivity contribution is 7.80. The van der Waals surface area contributed by atoms with Crippen molar-refractivity contribution < 1.29 is 24.3 Å². The van der Waals surface area contributed by atoms with Gasteiger partial charge in [-0.15, -0.1) is 0 Å². The Morgan fingerprint density at radius 1 is 1.09 bits per heavy atom. The van der Waals surface area contributed by atoms with Crippen molar-refractivity contribution in [3.8, 4) is 0 Å². The van der Waals surface area contributed by atoms with E-state index in [0.29, 0.717) is 6.42 Å². The van der Waals surface area contributed by atoms with E-state index in [9.17, 15) is 24.3 Å². The Morgan fingerprint density at radius 2 is 1.76 bits per heavy atom. The molecule has 0 bridgehead atoms. The van der Waals surface area contributed by atoms with Gasteiger partial charge in [0.05, 0.1) is 6.54 Å². The van der Waals surface area contributed by atoms with Gasteiger partial charge in [-0.3, -0.25) is 14.4 Å². The maximum Gasteiger partial charge on any atom is 0.326 e. The van der Waals surface area contributed by atoms with Crippen LogP contribution >= 0.6 is 12.6 Å². The van der Waals surface area contributed by atoms with E-state index in [1.165, 1.54) is 0 Å². The number of fused-ring (bicyclic) bond motifs is 1. The van der Waals surface area contributed by atoms with Gasteiger partial charge < -0.3 is 31.8 Å². The van der Waals surface area contributed by atoms with Crippen LogP contribution in [0.25, 0.3) is 10.9 Å². The maximum absolute atomic E-state index is 13.1. The van der Waals surface area contributed by atoms with Gasteiger partial charge in [0.25, 0.3) is 0 Å². The molecule has 0 saturated carbocycles. The number of nitrogens with one attached hydrogen (secondary N) is 4. The van der Waals surface area contributed by atoms with Crippen molar-refractivity contribution in [1.29, 1.82) is 0 Å². The number of carbonyl (C=O) groups excluding carboxylic acids is 3. The van der Waals surface area contributed by atoms with Crippen LogP contribution in [0, 0.1) is 5.92 Å². The SMILES string of the molecule is CCC(C)C(NC(=O)C(Cc1c[nH]c2ccccc12)NC(=O)C(CS)NC(=O)CN)C(=O)O. The Morgan fingerprint density at radius 3 is 2.36 bits per heavy atom. The number of nitrogens with two attached hydrogens (primary N) is 1. The van der Waals surface area contributed by atoms with Crippen molar-refractivity contribution >= 4 is 47.2 Å². The number of aromatic nitrogens is 1. The number of hydrogen-bond acceptors (Lipinski definition) is 6. The number of benzene rings is 1. The lowest BCUT2D eigenvalue weighted by Gasteiger charge is -2.25. The average molecular weight is 478 g/mol. The number of para-hydroxylation sites is 1. The molecule has 1 aromatic carbocycles. The number of aromatic amines is 1. The number of carboxylic acids is 1. The fraction of sp³-hybridized carbons (Fsp3) is 0.455. The molecule has 2 rings (SSSR count). The molecule has 180 valence electrons. The zero-order valence-electron chi connectivity index (χ0n) is 18.6. The summed E-state index contributed by atoms with van der Waals surface area (Å²) < 4.78 is 0. The Bertz CT molecular complexity index is 994. The van der Waals surface area contributed by atoms with Gasteiger partial charge in [0.15, 0.2) is 0 Å². The number of thiol groups is 1.